The smallest absolute Gasteiger partial charge is 0.319 e. The van der Waals surface area contributed by atoms with Crippen LogP contribution in [0.2, 0.25) is 0 Å². The number of ether oxygens (including phenoxy) is 2. The lowest BCUT2D eigenvalue weighted by Gasteiger charge is -2.43. The summed E-state index contributed by atoms with van der Waals surface area (Å²) >= 11 is 0. The van der Waals surface area contributed by atoms with Crippen LogP contribution >= 0.6 is 0 Å². The molecule has 2 aliphatic rings. The van der Waals surface area contributed by atoms with Gasteiger partial charge in [0, 0.05) is 5.69 Å². The molecule has 140 valence electrons. The van der Waals surface area contributed by atoms with Crippen molar-refractivity contribution < 1.29 is 19.4 Å². The van der Waals surface area contributed by atoms with Crippen molar-refractivity contribution in [3.05, 3.63) is 29.8 Å². The Labute approximate surface area is 152 Å². The Kier molecular flexibility index (Phi) is 5.74. The third-order valence-electron chi connectivity index (χ3n) is 4.91. The highest BCUT2D eigenvalue weighted by Crippen LogP contribution is 2.31. The number of nitriles is 1. The summed E-state index contributed by atoms with van der Waals surface area (Å²) in [7, 11) is 0. The number of anilines is 1. The first kappa shape index (κ1) is 18.6. The van der Waals surface area contributed by atoms with E-state index in [1.54, 1.807) is 24.3 Å². The number of aliphatic hydroxyl groups is 1. The van der Waals surface area contributed by atoms with Gasteiger partial charge in [-0.3, -0.25) is 4.90 Å². The first-order valence-corrected chi connectivity index (χ1v) is 8.84. The van der Waals surface area contributed by atoms with Crippen molar-refractivity contribution in [1.82, 2.24) is 10.2 Å². The molecule has 3 N–H and O–H groups in total. The number of carbonyl (C=O) groups is 1. The fourth-order valence-corrected chi connectivity index (χ4v) is 3.60. The lowest BCUT2D eigenvalue weighted by molar-refractivity contribution is -0.179. The number of nitrogens with zero attached hydrogens (tertiary/aromatic N) is 2. The van der Waals surface area contributed by atoms with Crippen LogP contribution in [0.1, 0.15) is 19.4 Å². The van der Waals surface area contributed by atoms with Crippen molar-refractivity contribution in [2.24, 2.45) is 0 Å². The van der Waals surface area contributed by atoms with E-state index < -0.39 is 30.6 Å². The molecule has 2 aliphatic heterocycles. The minimum Gasteiger partial charge on any atom is -0.389 e. The Hall–Kier alpha value is -2.18. The van der Waals surface area contributed by atoms with Crippen LogP contribution in [0.15, 0.2) is 24.3 Å². The molecule has 0 aliphatic carbocycles. The largest absolute Gasteiger partial charge is 0.389 e. The second-order valence-corrected chi connectivity index (χ2v) is 6.40. The minimum atomic E-state index is -0.808. The van der Waals surface area contributed by atoms with Crippen molar-refractivity contribution in [3.8, 4) is 6.07 Å². The fraction of sp³-hybridized carbons (Fsp3) is 0.556. The standard InChI is InChI=1S/C18H24N4O4/c1-3-22(4-2)15-16(23)14(13-10-25-17(15)26-13)21-18(24)20-12-7-5-6-11(8-12)9-19/h5-8,13-17,23H,3-4,10H2,1-2H3,(H2,20,21,24)/t13-,14+,15-,16-,17+/m0/s1. The minimum absolute atomic E-state index is 0.328. The second kappa shape index (κ2) is 8.01. The van der Waals surface area contributed by atoms with Crippen molar-refractivity contribution in [2.45, 2.75) is 44.4 Å². The normalized spacial score (nSPS) is 30.0. The molecule has 0 aromatic heterocycles. The highest BCUT2D eigenvalue weighted by Gasteiger charge is 2.52. The van der Waals surface area contributed by atoms with Crippen LogP contribution in [-0.4, -0.2) is 66.3 Å². The van der Waals surface area contributed by atoms with E-state index >= 15 is 0 Å². The summed E-state index contributed by atoms with van der Waals surface area (Å²) in [4.78, 5) is 14.5. The van der Waals surface area contributed by atoms with E-state index in [1.807, 2.05) is 19.9 Å². The summed E-state index contributed by atoms with van der Waals surface area (Å²) in [5, 5.41) is 25.3. The zero-order valence-electron chi connectivity index (χ0n) is 14.9. The number of likely N-dealkylation sites (N-methyl/N-ethyl adjacent to an activating group) is 1. The highest BCUT2D eigenvalue weighted by molar-refractivity contribution is 5.89. The molecule has 2 fully saturated rings. The number of benzene rings is 1. The van der Waals surface area contributed by atoms with Crippen molar-refractivity contribution in [2.75, 3.05) is 25.0 Å². The van der Waals surface area contributed by atoms with Crippen LogP contribution in [0, 0.1) is 11.3 Å². The number of hydrogen-bond acceptors (Lipinski definition) is 6. The summed E-state index contributed by atoms with van der Waals surface area (Å²) in [5.74, 6) is 0. The molecule has 3 rings (SSSR count). The number of fused-ring (bicyclic) bond motifs is 2. The van der Waals surface area contributed by atoms with Gasteiger partial charge in [0.25, 0.3) is 0 Å². The molecule has 26 heavy (non-hydrogen) atoms. The van der Waals surface area contributed by atoms with E-state index in [0.717, 1.165) is 13.1 Å². The lowest BCUT2D eigenvalue weighted by Crippen LogP contribution is -2.65. The van der Waals surface area contributed by atoms with Crippen LogP contribution in [0.4, 0.5) is 10.5 Å². The zero-order chi connectivity index (χ0) is 18.7. The maximum absolute atomic E-state index is 12.4. The molecule has 5 atom stereocenters. The third kappa shape index (κ3) is 3.66. The van der Waals surface area contributed by atoms with Gasteiger partial charge in [0.05, 0.1) is 36.4 Å². The van der Waals surface area contributed by atoms with E-state index in [2.05, 4.69) is 15.5 Å². The topological polar surface area (TPSA) is 107 Å². The Morgan fingerprint density at radius 2 is 2.19 bits per heavy atom. The molecular weight excluding hydrogens is 336 g/mol. The lowest BCUT2D eigenvalue weighted by atomic mass is 9.95. The van der Waals surface area contributed by atoms with E-state index in [1.165, 1.54) is 0 Å². The van der Waals surface area contributed by atoms with Gasteiger partial charge in [-0.2, -0.15) is 5.26 Å². The Bertz CT molecular complexity index is 686. The first-order valence-electron chi connectivity index (χ1n) is 8.84. The summed E-state index contributed by atoms with van der Waals surface area (Å²) in [6.07, 6.45) is -1.68. The van der Waals surface area contributed by atoms with E-state index in [-0.39, 0.29) is 6.04 Å². The van der Waals surface area contributed by atoms with E-state index in [4.69, 9.17) is 14.7 Å². The van der Waals surface area contributed by atoms with Gasteiger partial charge in [0.2, 0.25) is 0 Å². The maximum Gasteiger partial charge on any atom is 0.319 e. The average molecular weight is 360 g/mol. The Morgan fingerprint density at radius 1 is 1.42 bits per heavy atom. The van der Waals surface area contributed by atoms with Gasteiger partial charge < -0.3 is 25.2 Å². The van der Waals surface area contributed by atoms with Gasteiger partial charge in [-0.25, -0.2) is 4.79 Å². The first-order chi connectivity index (χ1) is 12.6. The molecule has 2 saturated heterocycles. The predicted octanol–water partition coefficient (Wildman–Crippen LogP) is 0.875. The Morgan fingerprint density at radius 3 is 2.88 bits per heavy atom. The average Bonchev–Trinajstić information content (AvgIpc) is 3.08. The monoisotopic (exact) mass is 360 g/mol. The number of rotatable bonds is 5. The van der Waals surface area contributed by atoms with Gasteiger partial charge in [0.1, 0.15) is 6.10 Å². The molecule has 0 unspecified atom stereocenters. The number of urea groups is 1. The quantitative estimate of drug-likeness (QED) is 0.719. The molecule has 2 amide bonds. The molecular formula is C18H24N4O4. The number of nitrogens with one attached hydrogen (secondary N) is 2. The van der Waals surface area contributed by atoms with Gasteiger partial charge in [-0.15, -0.1) is 0 Å². The number of aliphatic hydroxyl groups excluding tert-OH is 1. The van der Waals surface area contributed by atoms with Crippen LogP contribution < -0.4 is 10.6 Å². The van der Waals surface area contributed by atoms with Crippen molar-refractivity contribution in [1.29, 1.82) is 5.26 Å². The van der Waals surface area contributed by atoms with Gasteiger partial charge in [0.15, 0.2) is 6.29 Å². The summed E-state index contributed by atoms with van der Waals surface area (Å²) in [6, 6.07) is 7.28. The molecule has 2 heterocycles. The third-order valence-corrected chi connectivity index (χ3v) is 4.91. The van der Waals surface area contributed by atoms with Crippen molar-refractivity contribution in [3.63, 3.8) is 0 Å². The molecule has 1 aromatic rings. The molecule has 2 bridgehead atoms. The number of carbonyl (C=O) groups excluding carboxylic acids is 1. The van der Waals surface area contributed by atoms with Gasteiger partial charge in [-0.05, 0) is 31.3 Å². The number of hydrogen-bond donors (Lipinski definition) is 3. The van der Waals surface area contributed by atoms with Crippen LogP contribution in [0.3, 0.4) is 0 Å². The SMILES string of the molecule is CCN(CC)[C@@H]1[C@@H]2OC[C@H](O2)[C@@H](NC(=O)Nc2cccc(C#N)c2)[C@@H]1O. The molecule has 0 saturated carbocycles. The molecule has 0 radical (unpaired) electrons. The number of amides is 2. The second-order valence-electron chi connectivity index (χ2n) is 6.40. The Balaban J connectivity index is 1.69. The zero-order valence-corrected chi connectivity index (χ0v) is 14.9. The maximum atomic E-state index is 12.4. The molecule has 8 heteroatoms. The fourth-order valence-electron chi connectivity index (χ4n) is 3.60. The van der Waals surface area contributed by atoms with Crippen LogP contribution in [0.25, 0.3) is 0 Å². The summed E-state index contributed by atoms with van der Waals surface area (Å²) in [5.41, 5.74) is 0.964. The van der Waals surface area contributed by atoms with Gasteiger partial charge >= 0.3 is 6.03 Å². The molecule has 1 aromatic carbocycles. The van der Waals surface area contributed by atoms with Crippen molar-refractivity contribution >= 4 is 11.7 Å². The molecule has 0 spiro atoms. The predicted molar refractivity (Wildman–Crippen MR) is 94.4 cm³/mol. The summed E-state index contributed by atoms with van der Waals surface area (Å²) < 4.78 is 11.5. The van der Waals surface area contributed by atoms with Crippen LogP contribution in [-0.2, 0) is 9.47 Å². The summed E-state index contributed by atoms with van der Waals surface area (Å²) in [6.45, 7) is 5.83. The van der Waals surface area contributed by atoms with Crippen LogP contribution in [0.5, 0.6) is 0 Å². The van der Waals surface area contributed by atoms with E-state index in [9.17, 15) is 9.90 Å². The van der Waals surface area contributed by atoms with E-state index in [0.29, 0.717) is 17.9 Å². The highest BCUT2D eigenvalue weighted by atomic mass is 16.7. The molecule has 8 nitrogen and oxygen atoms in total. The van der Waals surface area contributed by atoms with Gasteiger partial charge in [-0.1, -0.05) is 19.9 Å².